The molecule has 2 rings (SSSR count). The van der Waals surface area contributed by atoms with E-state index in [1.807, 2.05) is 12.1 Å². The molecule has 1 fully saturated rings. The second kappa shape index (κ2) is 3.40. The minimum absolute atomic E-state index is 0.302. The van der Waals surface area contributed by atoms with Gasteiger partial charge in [0.2, 0.25) is 0 Å². The quantitative estimate of drug-likeness (QED) is 0.815. The van der Waals surface area contributed by atoms with E-state index in [0.29, 0.717) is 0 Å². The summed E-state index contributed by atoms with van der Waals surface area (Å²) in [4.78, 5) is 0. The van der Waals surface area contributed by atoms with Gasteiger partial charge in [-0.2, -0.15) is 0 Å². The van der Waals surface area contributed by atoms with Crippen molar-refractivity contribution >= 4 is 15.9 Å². The van der Waals surface area contributed by atoms with Gasteiger partial charge < -0.3 is 4.74 Å². The van der Waals surface area contributed by atoms with Gasteiger partial charge in [0.15, 0.2) is 0 Å². The van der Waals surface area contributed by atoms with Gasteiger partial charge in [-0.3, -0.25) is 5.32 Å². The van der Waals surface area contributed by atoms with Gasteiger partial charge in [0.1, 0.15) is 5.72 Å². The Bertz CT molecular complexity index is 308. The first kappa shape index (κ1) is 9.19. The molecule has 13 heavy (non-hydrogen) atoms. The maximum absolute atomic E-state index is 5.65. The van der Waals surface area contributed by atoms with Gasteiger partial charge in [-0.1, -0.05) is 28.1 Å². The summed E-state index contributed by atoms with van der Waals surface area (Å²) in [7, 11) is 0. The highest BCUT2D eigenvalue weighted by Crippen LogP contribution is 2.27. The average Bonchev–Trinajstić information content (AvgIpc) is 2.54. The van der Waals surface area contributed by atoms with E-state index in [2.05, 4.69) is 40.3 Å². The first-order valence-electron chi connectivity index (χ1n) is 4.36. The molecule has 0 saturated carbocycles. The van der Waals surface area contributed by atoms with E-state index in [-0.39, 0.29) is 5.72 Å². The van der Waals surface area contributed by atoms with Gasteiger partial charge >= 0.3 is 0 Å². The lowest BCUT2D eigenvalue weighted by Crippen LogP contribution is -2.34. The van der Waals surface area contributed by atoms with E-state index >= 15 is 0 Å². The lowest BCUT2D eigenvalue weighted by atomic mass is 10.1. The van der Waals surface area contributed by atoms with Crippen molar-refractivity contribution in [2.24, 2.45) is 0 Å². The summed E-state index contributed by atoms with van der Waals surface area (Å²) < 4.78 is 6.74. The minimum atomic E-state index is -0.302. The molecule has 3 heteroatoms. The second-order valence-electron chi connectivity index (χ2n) is 3.32. The number of benzene rings is 1. The minimum Gasteiger partial charge on any atom is -0.355 e. The van der Waals surface area contributed by atoms with Gasteiger partial charge in [-0.25, -0.2) is 0 Å². The molecule has 1 saturated heterocycles. The van der Waals surface area contributed by atoms with Crippen molar-refractivity contribution in [3.8, 4) is 0 Å². The summed E-state index contributed by atoms with van der Waals surface area (Å²) in [5.74, 6) is 0. The highest BCUT2D eigenvalue weighted by Gasteiger charge is 2.30. The van der Waals surface area contributed by atoms with Crippen molar-refractivity contribution in [3.05, 3.63) is 34.3 Å². The third-order valence-corrected chi connectivity index (χ3v) is 2.82. The fourth-order valence-corrected chi connectivity index (χ4v) is 1.97. The van der Waals surface area contributed by atoms with E-state index in [1.54, 1.807) is 0 Å². The lowest BCUT2D eigenvalue weighted by Gasteiger charge is -2.24. The van der Waals surface area contributed by atoms with Crippen molar-refractivity contribution in [2.75, 3.05) is 13.2 Å². The molecule has 1 atom stereocenters. The van der Waals surface area contributed by atoms with E-state index < -0.39 is 0 Å². The molecule has 2 nitrogen and oxygen atoms in total. The second-order valence-corrected chi connectivity index (χ2v) is 4.23. The van der Waals surface area contributed by atoms with E-state index in [1.165, 1.54) is 5.56 Å². The predicted molar refractivity (Wildman–Crippen MR) is 55.4 cm³/mol. The summed E-state index contributed by atoms with van der Waals surface area (Å²) in [5, 5.41) is 3.33. The van der Waals surface area contributed by atoms with Crippen LogP contribution in [-0.2, 0) is 10.5 Å². The topological polar surface area (TPSA) is 21.3 Å². The van der Waals surface area contributed by atoms with Crippen molar-refractivity contribution in [1.82, 2.24) is 5.32 Å². The molecule has 0 aliphatic carbocycles. The summed E-state index contributed by atoms with van der Waals surface area (Å²) in [6.45, 7) is 3.76. The van der Waals surface area contributed by atoms with Crippen LogP contribution >= 0.6 is 15.9 Å². The number of hydrogen-bond donors (Lipinski definition) is 1. The average molecular weight is 242 g/mol. The fourth-order valence-electron chi connectivity index (χ4n) is 1.57. The van der Waals surface area contributed by atoms with Crippen molar-refractivity contribution < 1.29 is 4.74 Å². The molecule has 1 aliphatic heterocycles. The number of halogens is 1. The number of nitrogens with one attached hydrogen (secondary N) is 1. The summed E-state index contributed by atoms with van der Waals surface area (Å²) in [6.07, 6.45) is 0. The van der Waals surface area contributed by atoms with Gasteiger partial charge in [0, 0.05) is 11.0 Å². The van der Waals surface area contributed by atoms with Crippen molar-refractivity contribution in [1.29, 1.82) is 0 Å². The molecule has 0 spiro atoms. The zero-order chi connectivity index (χ0) is 9.31. The largest absolute Gasteiger partial charge is 0.355 e. The molecule has 1 N–H and O–H groups in total. The van der Waals surface area contributed by atoms with Crippen LogP contribution in [0.25, 0.3) is 0 Å². The van der Waals surface area contributed by atoms with Crippen LogP contribution in [0.4, 0.5) is 0 Å². The smallest absolute Gasteiger partial charge is 0.142 e. The number of rotatable bonds is 1. The Hall–Kier alpha value is -0.380. The molecule has 1 aromatic rings. The Morgan fingerprint density at radius 1 is 1.54 bits per heavy atom. The molecule has 1 heterocycles. The summed E-state index contributed by atoms with van der Waals surface area (Å²) >= 11 is 3.45. The Morgan fingerprint density at radius 3 is 3.00 bits per heavy atom. The Kier molecular flexibility index (Phi) is 2.41. The maximum Gasteiger partial charge on any atom is 0.142 e. The third kappa shape index (κ3) is 1.77. The number of ether oxygens (including phenoxy) is 1. The van der Waals surface area contributed by atoms with Crippen LogP contribution in [0.3, 0.4) is 0 Å². The van der Waals surface area contributed by atoms with Crippen molar-refractivity contribution in [3.63, 3.8) is 0 Å². The Morgan fingerprint density at radius 2 is 2.38 bits per heavy atom. The van der Waals surface area contributed by atoms with Crippen LogP contribution in [0.5, 0.6) is 0 Å². The molecular formula is C10H12BrNO. The number of hydrogen-bond acceptors (Lipinski definition) is 2. The van der Waals surface area contributed by atoms with Crippen molar-refractivity contribution in [2.45, 2.75) is 12.6 Å². The molecular weight excluding hydrogens is 230 g/mol. The highest BCUT2D eigenvalue weighted by molar-refractivity contribution is 9.10. The van der Waals surface area contributed by atoms with Crippen LogP contribution in [0.15, 0.2) is 28.7 Å². The van der Waals surface area contributed by atoms with Crippen LogP contribution in [-0.4, -0.2) is 13.2 Å². The summed E-state index contributed by atoms with van der Waals surface area (Å²) in [6, 6.07) is 8.19. The SMILES string of the molecule is CC1(c2cccc(Br)c2)NCCO1. The zero-order valence-corrected chi connectivity index (χ0v) is 9.10. The van der Waals surface area contributed by atoms with E-state index in [4.69, 9.17) is 4.74 Å². The van der Waals surface area contributed by atoms with Crippen LogP contribution in [0, 0.1) is 0 Å². The van der Waals surface area contributed by atoms with E-state index in [9.17, 15) is 0 Å². The monoisotopic (exact) mass is 241 g/mol. The van der Waals surface area contributed by atoms with Crippen LogP contribution in [0.2, 0.25) is 0 Å². The molecule has 0 aromatic heterocycles. The van der Waals surface area contributed by atoms with Gasteiger partial charge in [-0.15, -0.1) is 0 Å². The van der Waals surface area contributed by atoms with Crippen LogP contribution in [0.1, 0.15) is 12.5 Å². The normalized spacial score (nSPS) is 27.8. The predicted octanol–water partition coefficient (Wildman–Crippen LogP) is 2.24. The van der Waals surface area contributed by atoms with Crippen LogP contribution < -0.4 is 5.32 Å². The summed E-state index contributed by atoms with van der Waals surface area (Å²) in [5.41, 5.74) is 0.864. The molecule has 1 aromatic carbocycles. The third-order valence-electron chi connectivity index (χ3n) is 2.33. The zero-order valence-electron chi connectivity index (χ0n) is 7.51. The van der Waals surface area contributed by atoms with E-state index in [0.717, 1.165) is 17.6 Å². The maximum atomic E-state index is 5.65. The highest BCUT2D eigenvalue weighted by atomic mass is 79.9. The lowest BCUT2D eigenvalue weighted by molar-refractivity contribution is 0.00243. The Balaban J connectivity index is 2.33. The molecule has 1 aliphatic rings. The molecule has 0 bridgehead atoms. The molecule has 0 amide bonds. The molecule has 1 unspecified atom stereocenters. The van der Waals surface area contributed by atoms with Gasteiger partial charge in [0.05, 0.1) is 6.61 Å². The fraction of sp³-hybridized carbons (Fsp3) is 0.400. The first-order valence-corrected chi connectivity index (χ1v) is 5.15. The van der Waals surface area contributed by atoms with Gasteiger partial charge in [0.25, 0.3) is 0 Å². The Labute approximate surface area is 86.4 Å². The first-order chi connectivity index (χ1) is 6.21. The molecule has 0 radical (unpaired) electrons. The standard InChI is InChI=1S/C10H12BrNO/c1-10(12-5-6-13-10)8-3-2-4-9(11)7-8/h2-4,7,12H,5-6H2,1H3. The molecule has 70 valence electrons. The van der Waals surface area contributed by atoms with Gasteiger partial charge in [-0.05, 0) is 24.6 Å².